The van der Waals surface area contributed by atoms with Gasteiger partial charge in [0, 0.05) is 18.4 Å². The highest BCUT2D eigenvalue weighted by molar-refractivity contribution is 5.56. The van der Waals surface area contributed by atoms with E-state index in [1.54, 1.807) is 0 Å². The van der Waals surface area contributed by atoms with E-state index >= 15 is 0 Å². The number of nitrogens with one attached hydrogen (secondary N) is 1. The molecule has 0 spiro atoms. The average molecular weight is 281 g/mol. The van der Waals surface area contributed by atoms with E-state index in [9.17, 15) is 5.26 Å². The van der Waals surface area contributed by atoms with Gasteiger partial charge in [-0.05, 0) is 37.0 Å². The predicted molar refractivity (Wildman–Crippen MR) is 81.8 cm³/mol. The number of aromatic nitrogens is 3. The van der Waals surface area contributed by atoms with Crippen LogP contribution >= 0.6 is 0 Å². The van der Waals surface area contributed by atoms with E-state index in [-0.39, 0.29) is 0 Å². The molecular formula is C16H19N5. The highest BCUT2D eigenvalue weighted by Crippen LogP contribution is 2.20. The Bertz CT molecular complexity index is 656. The molecule has 1 N–H and O–H groups in total. The van der Waals surface area contributed by atoms with Crippen molar-refractivity contribution in [1.29, 1.82) is 5.26 Å². The van der Waals surface area contributed by atoms with Crippen LogP contribution in [-0.2, 0) is 19.4 Å². The maximum atomic E-state index is 9.41. The summed E-state index contributed by atoms with van der Waals surface area (Å²) in [7, 11) is 0. The van der Waals surface area contributed by atoms with Crippen LogP contribution in [0.25, 0.3) is 0 Å². The van der Waals surface area contributed by atoms with E-state index in [0.717, 1.165) is 35.4 Å². The molecule has 2 heterocycles. The van der Waals surface area contributed by atoms with Crippen molar-refractivity contribution in [1.82, 2.24) is 15.2 Å². The standard InChI is InChI=1S/C16H19N5/c1-4-13-14(8-17)16(21-20-15(13)5-2)19-10-12-7-6-11(3)18-9-12/h6-7,9H,4-5,10H2,1-3H3,(H,19,21). The third-order valence-corrected chi connectivity index (χ3v) is 3.39. The Morgan fingerprint density at radius 2 is 2.00 bits per heavy atom. The van der Waals surface area contributed by atoms with Gasteiger partial charge in [-0.1, -0.05) is 19.9 Å². The van der Waals surface area contributed by atoms with Gasteiger partial charge in [0.05, 0.1) is 5.69 Å². The highest BCUT2D eigenvalue weighted by Gasteiger charge is 2.13. The van der Waals surface area contributed by atoms with Gasteiger partial charge in [-0.15, -0.1) is 5.10 Å². The number of aryl methyl sites for hydroxylation is 2. The molecule has 5 nitrogen and oxygen atoms in total. The van der Waals surface area contributed by atoms with Crippen LogP contribution in [0.2, 0.25) is 0 Å². The van der Waals surface area contributed by atoms with Crippen molar-refractivity contribution in [2.45, 2.75) is 40.2 Å². The van der Waals surface area contributed by atoms with Crippen LogP contribution < -0.4 is 5.32 Å². The van der Waals surface area contributed by atoms with E-state index in [2.05, 4.69) is 26.6 Å². The first kappa shape index (κ1) is 14.9. The van der Waals surface area contributed by atoms with E-state index in [4.69, 9.17) is 0 Å². The van der Waals surface area contributed by atoms with Crippen LogP contribution in [-0.4, -0.2) is 15.2 Å². The molecule has 0 saturated carbocycles. The molecule has 0 amide bonds. The summed E-state index contributed by atoms with van der Waals surface area (Å²) in [4.78, 5) is 4.25. The fraction of sp³-hybridized carbons (Fsp3) is 0.375. The number of hydrogen-bond donors (Lipinski definition) is 1. The fourth-order valence-electron chi connectivity index (χ4n) is 2.21. The summed E-state index contributed by atoms with van der Waals surface area (Å²) in [6.07, 6.45) is 3.39. The Morgan fingerprint density at radius 1 is 1.19 bits per heavy atom. The summed E-state index contributed by atoms with van der Waals surface area (Å²) in [5.41, 5.74) is 4.52. The molecule has 0 aliphatic heterocycles. The van der Waals surface area contributed by atoms with E-state index in [1.165, 1.54) is 0 Å². The molecule has 21 heavy (non-hydrogen) atoms. The van der Waals surface area contributed by atoms with Crippen LogP contribution in [0, 0.1) is 18.3 Å². The van der Waals surface area contributed by atoms with Crippen molar-refractivity contribution in [3.63, 3.8) is 0 Å². The molecule has 0 aliphatic rings. The van der Waals surface area contributed by atoms with Crippen LogP contribution in [0.4, 0.5) is 5.82 Å². The average Bonchev–Trinajstić information content (AvgIpc) is 2.53. The van der Waals surface area contributed by atoms with Gasteiger partial charge in [-0.25, -0.2) is 0 Å². The van der Waals surface area contributed by atoms with Gasteiger partial charge >= 0.3 is 0 Å². The second-order valence-corrected chi connectivity index (χ2v) is 4.83. The van der Waals surface area contributed by atoms with Crippen LogP contribution in [0.15, 0.2) is 18.3 Å². The lowest BCUT2D eigenvalue weighted by molar-refractivity contribution is 0.868. The highest BCUT2D eigenvalue weighted by atomic mass is 15.2. The molecule has 5 heteroatoms. The van der Waals surface area contributed by atoms with Crippen LogP contribution in [0.3, 0.4) is 0 Å². The third kappa shape index (κ3) is 3.34. The Kier molecular flexibility index (Phi) is 4.83. The monoisotopic (exact) mass is 281 g/mol. The van der Waals surface area contributed by atoms with E-state index in [1.807, 2.05) is 39.1 Å². The largest absolute Gasteiger partial charge is 0.363 e. The maximum absolute atomic E-state index is 9.41. The van der Waals surface area contributed by atoms with E-state index in [0.29, 0.717) is 17.9 Å². The minimum absolute atomic E-state index is 0.548. The minimum atomic E-state index is 0.548. The van der Waals surface area contributed by atoms with Crippen LogP contribution in [0.1, 0.15) is 41.9 Å². The smallest absolute Gasteiger partial charge is 0.167 e. The first-order valence-corrected chi connectivity index (χ1v) is 7.13. The topological polar surface area (TPSA) is 74.5 Å². The van der Waals surface area contributed by atoms with Gasteiger partial charge in [-0.3, -0.25) is 4.98 Å². The quantitative estimate of drug-likeness (QED) is 0.912. The van der Waals surface area contributed by atoms with Gasteiger partial charge < -0.3 is 5.32 Å². The second-order valence-electron chi connectivity index (χ2n) is 4.83. The number of hydrogen-bond acceptors (Lipinski definition) is 5. The Labute approximate surface area is 125 Å². The first-order chi connectivity index (χ1) is 10.2. The summed E-state index contributed by atoms with van der Waals surface area (Å²) in [6.45, 7) is 6.58. The maximum Gasteiger partial charge on any atom is 0.167 e. The summed E-state index contributed by atoms with van der Waals surface area (Å²) >= 11 is 0. The molecule has 2 aromatic rings. The summed E-state index contributed by atoms with van der Waals surface area (Å²) in [5.74, 6) is 0.548. The van der Waals surface area contributed by atoms with Gasteiger partial charge in [0.1, 0.15) is 11.6 Å². The number of rotatable bonds is 5. The van der Waals surface area contributed by atoms with Crippen LogP contribution in [0.5, 0.6) is 0 Å². The molecule has 0 aromatic carbocycles. The molecule has 0 saturated heterocycles. The zero-order valence-corrected chi connectivity index (χ0v) is 12.6. The van der Waals surface area contributed by atoms with Crippen molar-refractivity contribution in [3.8, 4) is 6.07 Å². The Morgan fingerprint density at radius 3 is 2.57 bits per heavy atom. The molecule has 2 rings (SSSR count). The van der Waals surface area contributed by atoms with Crippen molar-refractivity contribution in [3.05, 3.63) is 46.4 Å². The number of anilines is 1. The zero-order valence-electron chi connectivity index (χ0n) is 12.6. The van der Waals surface area contributed by atoms with E-state index < -0.39 is 0 Å². The molecule has 108 valence electrons. The predicted octanol–water partition coefficient (Wildman–Crippen LogP) is 2.79. The van der Waals surface area contributed by atoms with Crippen molar-refractivity contribution in [2.75, 3.05) is 5.32 Å². The molecule has 0 atom stereocenters. The molecule has 0 radical (unpaired) electrons. The summed E-state index contributed by atoms with van der Waals surface area (Å²) in [5, 5.41) is 21.0. The zero-order chi connectivity index (χ0) is 15.2. The number of nitrogens with zero attached hydrogens (tertiary/aromatic N) is 4. The molecule has 0 fully saturated rings. The van der Waals surface area contributed by atoms with Gasteiger partial charge in [0.2, 0.25) is 0 Å². The SMILES string of the molecule is CCc1nnc(NCc2ccc(C)nc2)c(C#N)c1CC. The second kappa shape index (κ2) is 6.80. The summed E-state index contributed by atoms with van der Waals surface area (Å²) < 4.78 is 0. The Balaban J connectivity index is 2.24. The fourth-order valence-corrected chi connectivity index (χ4v) is 2.21. The third-order valence-electron chi connectivity index (χ3n) is 3.39. The first-order valence-electron chi connectivity index (χ1n) is 7.13. The van der Waals surface area contributed by atoms with Gasteiger partial charge in [-0.2, -0.15) is 10.4 Å². The molecule has 0 aliphatic carbocycles. The minimum Gasteiger partial charge on any atom is -0.363 e. The molecular weight excluding hydrogens is 262 g/mol. The van der Waals surface area contributed by atoms with Crippen molar-refractivity contribution < 1.29 is 0 Å². The molecule has 0 unspecified atom stereocenters. The number of nitriles is 1. The lowest BCUT2D eigenvalue weighted by Crippen LogP contribution is -2.10. The molecule has 0 bridgehead atoms. The lowest BCUT2D eigenvalue weighted by atomic mass is 10.0. The normalized spacial score (nSPS) is 10.2. The van der Waals surface area contributed by atoms with Gasteiger partial charge in [0.25, 0.3) is 0 Å². The lowest BCUT2D eigenvalue weighted by Gasteiger charge is -2.12. The Hall–Kier alpha value is -2.48. The number of pyridine rings is 1. The van der Waals surface area contributed by atoms with Crippen molar-refractivity contribution in [2.24, 2.45) is 0 Å². The van der Waals surface area contributed by atoms with Gasteiger partial charge in [0.15, 0.2) is 5.82 Å². The summed E-state index contributed by atoms with van der Waals surface area (Å²) in [6, 6.07) is 6.23. The molecule has 2 aromatic heterocycles. The van der Waals surface area contributed by atoms with Crippen molar-refractivity contribution >= 4 is 5.82 Å².